The second-order valence-corrected chi connectivity index (χ2v) is 5.44. The van der Waals surface area contributed by atoms with Gasteiger partial charge in [0.25, 0.3) is 5.91 Å². The second-order valence-electron chi connectivity index (χ2n) is 5.44. The fourth-order valence-corrected chi connectivity index (χ4v) is 2.12. The van der Waals surface area contributed by atoms with E-state index >= 15 is 0 Å². The van der Waals surface area contributed by atoms with E-state index in [1.54, 1.807) is 25.4 Å². The van der Waals surface area contributed by atoms with Crippen LogP contribution in [0.3, 0.4) is 0 Å². The molecule has 6 nitrogen and oxygen atoms in total. The molecule has 0 fully saturated rings. The van der Waals surface area contributed by atoms with E-state index in [1.807, 2.05) is 43.3 Å². The quantitative estimate of drug-likeness (QED) is 0.752. The van der Waals surface area contributed by atoms with Crippen LogP contribution in [-0.2, 0) is 11.3 Å². The lowest BCUT2D eigenvalue weighted by molar-refractivity contribution is 0.0941. The van der Waals surface area contributed by atoms with Crippen LogP contribution in [0.1, 0.15) is 15.9 Å². The Morgan fingerprint density at radius 2 is 2.04 bits per heavy atom. The third kappa shape index (κ3) is 4.96. The molecule has 0 bridgehead atoms. The van der Waals surface area contributed by atoms with Gasteiger partial charge in [-0.2, -0.15) is 0 Å². The monoisotopic (exact) mass is 329 g/mol. The summed E-state index contributed by atoms with van der Waals surface area (Å²) in [6, 6.07) is 11.4. The fourth-order valence-electron chi connectivity index (χ4n) is 2.12. The van der Waals surface area contributed by atoms with E-state index in [2.05, 4.69) is 10.3 Å². The molecule has 0 aliphatic rings. The first-order valence-electron chi connectivity index (χ1n) is 7.73. The maximum absolute atomic E-state index is 12.4. The molecule has 0 saturated carbocycles. The number of aromatic nitrogens is 1. The number of anilines is 1. The number of carbonyl (C=O) groups is 1. The molecular formula is C18H23N3O3. The highest BCUT2D eigenvalue weighted by atomic mass is 16.5. The van der Waals surface area contributed by atoms with Crippen molar-refractivity contribution in [1.29, 1.82) is 0 Å². The molecule has 1 aromatic heterocycles. The van der Waals surface area contributed by atoms with Crippen molar-refractivity contribution in [2.45, 2.75) is 6.54 Å². The molecule has 0 saturated heterocycles. The van der Waals surface area contributed by atoms with Crippen LogP contribution in [0.25, 0.3) is 0 Å². The Labute approximate surface area is 142 Å². The van der Waals surface area contributed by atoms with Crippen molar-refractivity contribution >= 4 is 11.6 Å². The van der Waals surface area contributed by atoms with Crippen LogP contribution >= 0.6 is 0 Å². The van der Waals surface area contributed by atoms with Crippen molar-refractivity contribution in [2.24, 2.45) is 0 Å². The van der Waals surface area contributed by atoms with Gasteiger partial charge in [-0.25, -0.2) is 4.98 Å². The summed E-state index contributed by atoms with van der Waals surface area (Å²) in [6.07, 6.45) is 1.60. The molecule has 0 spiro atoms. The van der Waals surface area contributed by atoms with Crippen LogP contribution in [0.15, 0.2) is 42.6 Å². The zero-order valence-corrected chi connectivity index (χ0v) is 14.3. The Morgan fingerprint density at radius 1 is 1.21 bits per heavy atom. The number of benzene rings is 1. The first kappa shape index (κ1) is 17.7. The van der Waals surface area contributed by atoms with E-state index in [0.717, 1.165) is 11.3 Å². The third-order valence-corrected chi connectivity index (χ3v) is 3.42. The van der Waals surface area contributed by atoms with Gasteiger partial charge < -0.3 is 19.7 Å². The summed E-state index contributed by atoms with van der Waals surface area (Å²) < 4.78 is 10.4. The number of ether oxygens (including phenoxy) is 2. The normalized spacial score (nSPS) is 10.3. The molecule has 2 rings (SSSR count). The molecule has 1 heterocycles. The van der Waals surface area contributed by atoms with Crippen LogP contribution in [0.4, 0.5) is 5.69 Å². The Hall–Kier alpha value is -2.60. The Kier molecular flexibility index (Phi) is 6.57. The van der Waals surface area contributed by atoms with Gasteiger partial charge >= 0.3 is 0 Å². The molecule has 1 amide bonds. The maximum Gasteiger partial charge on any atom is 0.257 e. The standard InChI is InChI=1S/C18H23N3O3/c1-21(2)15-7-4-6-14(12-15)13-20-17(22)16-8-5-9-19-18(16)24-11-10-23-3/h4-9,12H,10-11,13H2,1-3H3,(H,20,22). The number of hydrogen-bond donors (Lipinski definition) is 1. The van der Waals surface area contributed by atoms with Gasteiger partial charge in [-0.05, 0) is 29.8 Å². The van der Waals surface area contributed by atoms with Gasteiger partial charge in [0.1, 0.15) is 12.2 Å². The van der Waals surface area contributed by atoms with Gasteiger partial charge in [0.15, 0.2) is 0 Å². The van der Waals surface area contributed by atoms with E-state index in [9.17, 15) is 4.79 Å². The fraction of sp³-hybridized carbons (Fsp3) is 0.333. The molecule has 128 valence electrons. The minimum Gasteiger partial charge on any atom is -0.475 e. The molecule has 0 radical (unpaired) electrons. The molecule has 0 atom stereocenters. The average molecular weight is 329 g/mol. The lowest BCUT2D eigenvalue weighted by atomic mass is 10.2. The average Bonchev–Trinajstić information content (AvgIpc) is 2.60. The van der Waals surface area contributed by atoms with Gasteiger partial charge in [0, 0.05) is 39.6 Å². The van der Waals surface area contributed by atoms with Gasteiger partial charge in [-0.15, -0.1) is 0 Å². The predicted molar refractivity (Wildman–Crippen MR) is 93.5 cm³/mol. The summed E-state index contributed by atoms with van der Waals surface area (Å²) >= 11 is 0. The number of hydrogen-bond acceptors (Lipinski definition) is 5. The van der Waals surface area contributed by atoms with Crippen LogP contribution in [-0.4, -0.2) is 45.3 Å². The molecule has 6 heteroatoms. The highest BCUT2D eigenvalue weighted by molar-refractivity contribution is 5.96. The third-order valence-electron chi connectivity index (χ3n) is 3.42. The molecule has 2 aromatic rings. The summed E-state index contributed by atoms with van der Waals surface area (Å²) in [6.45, 7) is 1.22. The van der Waals surface area contributed by atoms with Gasteiger partial charge in [-0.1, -0.05) is 12.1 Å². The Balaban J connectivity index is 2.01. The molecule has 0 aliphatic heterocycles. The van der Waals surface area contributed by atoms with Crippen molar-refractivity contribution in [3.8, 4) is 5.88 Å². The number of rotatable bonds is 8. The lowest BCUT2D eigenvalue weighted by Gasteiger charge is -2.14. The summed E-state index contributed by atoms with van der Waals surface area (Å²) in [5, 5.41) is 2.90. The predicted octanol–water partition coefficient (Wildman–Crippen LogP) is 2.10. The molecular weight excluding hydrogens is 306 g/mol. The summed E-state index contributed by atoms with van der Waals surface area (Å²) in [5.74, 6) is 0.0971. The van der Waals surface area contributed by atoms with E-state index in [0.29, 0.717) is 31.2 Å². The Morgan fingerprint density at radius 3 is 2.79 bits per heavy atom. The molecule has 0 unspecified atom stereocenters. The van der Waals surface area contributed by atoms with E-state index in [-0.39, 0.29) is 5.91 Å². The molecule has 1 aromatic carbocycles. The lowest BCUT2D eigenvalue weighted by Crippen LogP contribution is -2.24. The number of nitrogens with zero attached hydrogens (tertiary/aromatic N) is 2. The first-order valence-corrected chi connectivity index (χ1v) is 7.73. The molecule has 0 aliphatic carbocycles. The highest BCUT2D eigenvalue weighted by Crippen LogP contribution is 2.16. The van der Waals surface area contributed by atoms with Crippen LogP contribution in [0.2, 0.25) is 0 Å². The maximum atomic E-state index is 12.4. The van der Waals surface area contributed by atoms with E-state index in [1.165, 1.54) is 0 Å². The molecule has 1 N–H and O–H groups in total. The van der Waals surface area contributed by atoms with Crippen LogP contribution in [0.5, 0.6) is 5.88 Å². The van der Waals surface area contributed by atoms with Crippen LogP contribution in [0, 0.1) is 0 Å². The number of pyridine rings is 1. The number of amides is 1. The summed E-state index contributed by atoms with van der Waals surface area (Å²) in [5.41, 5.74) is 2.53. The largest absolute Gasteiger partial charge is 0.475 e. The number of methoxy groups -OCH3 is 1. The van der Waals surface area contributed by atoms with Gasteiger partial charge in [-0.3, -0.25) is 4.79 Å². The SMILES string of the molecule is COCCOc1ncccc1C(=O)NCc1cccc(N(C)C)c1. The van der Waals surface area contributed by atoms with Gasteiger partial charge in [0.2, 0.25) is 5.88 Å². The van der Waals surface area contributed by atoms with E-state index in [4.69, 9.17) is 9.47 Å². The zero-order valence-electron chi connectivity index (χ0n) is 14.3. The minimum absolute atomic E-state index is 0.217. The Bertz CT molecular complexity index is 674. The van der Waals surface area contributed by atoms with Crippen LogP contribution < -0.4 is 15.0 Å². The van der Waals surface area contributed by atoms with Crippen molar-refractivity contribution in [1.82, 2.24) is 10.3 Å². The minimum atomic E-state index is -0.217. The van der Waals surface area contributed by atoms with Crippen molar-refractivity contribution < 1.29 is 14.3 Å². The van der Waals surface area contributed by atoms with Gasteiger partial charge in [0.05, 0.1) is 6.61 Å². The summed E-state index contributed by atoms with van der Waals surface area (Å²) in [4.78, 5) is 18.6. The second kappa shape index (κ2) is 8.88. The number of carbonyl (C=O) groups excluding carboxylic acids is 1. The van der Waals surface area contributed by atoms with E-state index < -0.39 is 0 Å². The highest BCUT2D eigenvalue weighted by Gasteiger charge is 2.13. The number of nitrogens with one attached hydrogen (secondary N) is 1. The van der Waals surface area contributed by atoms with Crippen molar-refractivity contribution in [2.75, 3.05) is 39.3 Å². The summed E-state index contributed by atoms with van der Waals surface area (Å²) in [7, 11) is 5.56. The van der Waals surface area contributed by atoms with Crippen molar-refractivity contribution in [3.63, 3.8) is 0 Å². The zero-order chi connectivity index (χ0) is 17.4. The molecule has 24 heavy (non-hydrogen) atoms. The first-order chi connectivity index (χ1) is 11.6. The topological polar surface area (TPSA) is 63.7 Å². The van der Waals surface area contributed by atoms with Crippen molar-refractivity contribution in [3.05, 3.63) is 53.7 Å². The smallest absolute Gasteiger partial charge is 0.257 e.